The Hall–Kier alpha value is -2.31. The molecule has 124 valence electrons. The largest absolute Gasteiger partial charge is 0.493 e. The minimum absolute atomic E-state index is 0.0552. The molecule has 0 atom stereocenters. The number of aliphatic hydroxyl groups is 1. The van der Waals surface area contributed by atoms with Crippen molar-refractivity contribution >= 4 is 11.8 Å². The molecule has 1 heterocycles. The SMILES string of the molecule is CCOc1ccccc1-c1nnc(SCc2ccc(CO)cc2)o1. The highest BCUT2D eigenvalue weighted by atomic mass is 32.2. The van der Waals surface area contributed by atoms with Crippen molar-refractivity contribution in [2.24, 2.45) is 0 Å². The van der Waals surface area contributed by atoms with E-state index in [0.29, 0.717) is 17.7 Å². The molecule has 0 saturated heterocycles. The lowest BCUT2D eigenvalue weighted by atomic mass is 10.2. The molecule has 0 aliphatic rings. The first kappa shape index (κ1) is 16.5. The van der Waals surface area contributed by atoms with Gasteiger partial charge < -0.3 is 14.3 Å². The molecule has 3 rings (SSSR count). The molecule has 0 radical (unpaired) electrons. The van der Waals surface area contributed by atoms with Gasteiger partial charge in [0.15, 0.2) is 0 Å². The zero-order valence-electron chi connectivity index (χ0n) is 13.3. The van der Waals surface area contributed by atoms with Gasteiger partial charge >= 0.3 is 0 Å². The minimum Gasteiger partial charge on any atom is -0.493 e. The van der Waals surface area contributed by atoms with Crippen molar-refractivity contribution in [3.63, 3.8) is 0 Å². The van der Waals surface area contributed by atoms with Crippen molar-refractivity contribution in [2.75, 3.05) is 6.61 Å². The number of nitrogens with zero attached hydrogens (tertiary/aromatic N) is 2. The monoisotopic (exact) mass is 342 g/mol. The second-order valence-corrected chi connectivity index (χ2v) is 5.99. The molecule has 0 aliphatic heterocycles. The van der Waals surface area contributed by atoms with Crippen LogP contribution in [0.15, 0.2) is 58.2 Å². The number of hydrogen-bond acceptors (Lipinski definition) is 6. The number of aromatic nitrogens is 2. The van der Waals surface area contributed by atoms with Crippen molar-refractivity contribution in [1.82, 2.24) is 10.2 Å². The molecular weight excluding hydrogens is 324 g/mol. The van der Waals surface area contributed by atoms with Crippen LogP contribution < -0.4 is 4.74 Å². The van der Waals surface area contributed by atoms with E-state index in [9.17, 15) is 0 Å². The summed E-state index contributed by atoms with van der Waals surface area (Å²) < 4.78 is 11.3. The van der Waals surface area contributed by atoms with E-state index in [1.54, 1.807) is 0 Å². The van der Waals surface area contributed by atoms with Crippen LogP contribution in [0.2, 0.25) is 0 Å². The lowest BCUT2D eigenvalue weighted by molar-refractivity contribution is 0.282. The summed E-state index contributed by atoms with van der Waals surface area (Å²) in [4.78, 5) is 0. The molecule has 1 aromatic heterocycles. The Morgan fingerprint density at radius 1 is 1.04 bits per heavy atom. The van der Waals surface area contributed by atoms with Crippen LogP contribution >= 0.6 is 11.8 Å². The standard InChI is InChI=1S/C18H18N2O3S/c1-2-22-16-6-4-3-5-15(16)17-19-20-18(23-17)24-12-14-9-7-13(11-21)8-10-14/h3-10,21H,2,11-12H2,1H3. The van der Waals surface area contributed by atoms with Gasteiger partial charge in [0.25, 0.3) is 11.1 Å². The Morgan fingerprint density at radius 3 is 2.54 bits per heavy atom. The van der Waals surface area contributed by atoms with Crippen LogP contribution in [0, 0.1) is 0 Å². The quantitative estimate of drug-likeness (QED) is 0.656. The third-order valence-electron chi connectivity index (χ3n) is 3.39. The first-order valence-electron chi connectivity index (χ1n) is 7.67. The molecule has 1 N–H and O–H groups in total. The average Bonchev–Trinajstić information content (AvgIpc) is 3.10. The molecule has 0 unspecified atom stereocenters. The Kier molecular flexibility index (Phi) is 5.51. The van der Waals surface area contributed by atoms with Gasteiger partial charge in [0.05, 0.1) is 18.8 Å². The number of thioether (sulfide) groups is 1. The number of benzene rings is 2. The molecule has 0 amide bonds. The van der Waals surface area contributed by atoms with Gasteiger partial charge in [-0.15, -0.1) is 10.2 Å². The molecule has 2 aromatic carbocycles. The van der Waals surface area contributed by atoms with Gasteiger partial charge in [0, 0.05) is 5.75 Å². The third kappa shape index (κ3) is 3.96. The fraction of sp³-hybridized carbons (Fsp3) is 0.222. The van der Waals surface area contributed by atoms with E-state index in [2.05, 4.69) is 10.2 Å². The van der Waals surface area contributed by atoms with Crippen LogP contribution in [-0.4, -0.2) is 21.9 Å². The molecule has 0 spiro atoms. The summed E-state index contributed by atoms with van der Waals surface area (Å²) in [7, 11) is 0. The fourth-order valence-corrected chi connectivity index (χ4v) is 2.91. The number of hydrogen-bond donors (Lipinski definition) is 1. The molecule has 0 bridgehead atoms. The van der Waals surface area contributed by atoms with Gasteiger partial charge in [0.1, 0.15) is 5.75 Å². The lowest BCUT2D eigenvalue weighted by Gasteiger charge is -2.06. The van der Waals surface area contributed by atoms with E-state index in [0.717, 1.165) is 28.2 Å². The fourth-order valence-electron chi connectivity index (χ4n) is 2.19. The van der Waals surface area contributed by atoms with Gasteiger partial charge in [-0.2, -0.15) is 0 Å². The second-order valence-electron chi connectivity index (χ2n) is 5.07. The summed E-state index contributed by atoms with van der Waals surface area (Å²) in [6.45, 7) is 2.57. The van der Waals surface area contributed by atoms with Crippen LogP contribution in [-0.2, 0) is 12.4 Å². The van der Waals surface area contributed by atoms with E-state index in [-0.39, 0.29) is 6.61 Å². The Labute approximate surface area is 144 Å². The maximum absolute atomic E-state index is 9.06. The van der Waals surface area contributed by atoms with Crippen molar-refractivity contribution in [3.05, 3.63) is 59.7 Å². The molecule has 3 aromatic rings. The van der Waals surface area contributed by atoms with Crippen LogP contribution in [0.25, 0.3) is 11.5 Å². The first-order chi connectivity index (χ1) is 11.8. The predicted octanol–water partition coefficient (Wildman–Crippen LogP) is 3.92. The van der Waals surface area contributed by atoms with Crippen molar-refractivity contribution in [1.29, 1.82) is 0 Å². The van der Waals surface area contributed by atoms with E-state index < -0.39 is 0 Å². The average molecular weight is 342 g/mol. The lowest BCUT2D eigenvalue weighted by Crippen LogP contribution is -1.93. The van der Waals surface area contributed by atoms with E-state index in [1.807, 2.05) is 55.5 Å². The molecule has 0 saturated carbocycles. The maximum Gasteiger partial charge on any atom is 0.277 e. The van der Waals surface area contributed by atoms with Gasteiger partial charge in [-0.05, 0) is 30.2 Å². The van der Waals surface area contributed by atoms with Crippen LogP contribution in [0.4, 0.5) is 0 Å². The maximum atomic E-state index is 9.06. The highest BCUT2D eigenvalue weighted by Crippen LogP contribution is 2.31. The van der Waals surface area contributed by atoms with Crippen LogP contribution in [0.1, 0.15) is 18.1 Å². The Bertz CT molecular complexity index is 787. The zero-order chi connectivity index (χ0) is 16.8. The molecule has 6 heteroatoms. The predicted molar refractivity (Wildman–Crippen MR) is 92.8 cm³/mol. The summed E-state index contributed by atoms with van der Waals surface area (Å²) in [5, 5.41) is 17.8. The topological polar surface area (TPSA) is 68.4 Å². The Balaban J connectivity index is 1.69. The van der Waals surface area contributed by atoms with E-state index in [4.69, 9.17) is 14.3 Å². The van der Waals surface area contributed by atoms with Crippen molar-refractivity contribution in [2.45, 2.75) is 24.5 Å². The van der Waals surface area contributed by atoms with Gasteiger partial charge in [-0.25, -0.2) is 0 Å². The number of aliphatic hydroxyl groups excluding tert-OH is 1. The van der Waals surface area contributed by atoms with Crippen LogP contribution in [0.3, 0.4) is 0 Å². The van der Waals surface area contributed by atoms with Crippen molar-refractivity contribution < 1.29 is 14.3 Å². The Morgan fingerprint density at radius 2 is 1.79 bits per heavy atom. The molecule has 24 heavy (non-hydrogen) atoms. The molecule has 0 aliphatic carbocycles. The normalized spacial score (nSPS) is 10.8. The second kappa shape index (κ2) is 7.99. The van der Waals surface area contributed by atoms with Gasteiger partial charge in [0.2, 0.25) is 0 Å². The number of para-hydroxylation sites is 1. The van der Waals surface area contributed by atoms with Gasteiger partial charge in [-0.1, -0.05) is 48.2 Å². The number of ether oxygens (including phenoxy) is 1. The zero-order valence-corrected chi connectivity index (χ0v) is 14.1. The third-order valence-corrected chi connectivity index (χ3v) is 4.28. The summed E-state index contributed by atoms with van der Waals surface area (Å²) in [5.41, 5.74) is 2.83. The van der Waals surface area contributed by atoms with E-state index >= 15 is 0 Å². The first-order valence-corrected chi connectivity index (χ1v) is 8.66. The molecule has 5 nitrogen and oxygen atoms in total. The van der Waals surface area contributed by atoms with E-state index in [1.165, 1.54) is 11.8 Å². The molecular formula is C18H18N2O3S. The number of rotatable bonds is 7. The highest BCUT2D eigenvalue weighted by molar-refractivity contribution is 7.98. The van der Waals surface area contributed by atoms with Crippen molar-refractivity contribution in [3.8, 4) is 17.2 Å². The molecule has 0 fully saturated rings. The summed E-state index contributed by atoms with van der Waals surface area (Å²) in [5.74, 6) is 1.91. The summed E-state index contributed by atoms with van der Waals surface area (Å²) in [6.07, 6.45) is 0. The minimum atomic E-state index is 0.0552. The summed E-state index contributed by atoms with van der Waals surface area (Å²) >= 11 is 1.48. The summed E-state index contributed by atoms with van der Waals surface area (Å²) in [6, 6.07) is 15.4. The van der Waals surface area contributed by atoms with Gasteiger partial charge in [-0.3, -0.25) is 0 Å². The van der Waals surface area contributed by atoms with Crippen LogP contribution in [0.5, 0.6) is 5.75 Å². The highest BCUT2D eigenvalue weighted by Gasteiger charge is 2.13. The smallest absolute Gasteiger partial charge is 0.277 e.